The molecule has 1 rings (SSSR count). The first-order valence-corrected chi connectivity index (χ1v) is 6.60. The lowest BCUT2D eigenvalue weighted by molar-refractivity contribution is -0.138. The number of halogens is 3. The topological polar surface area (TPSA) is 24.9 Å². The molecule has 1 unspecified atom stereocenters. The predicted molar refractivity (Wildman–Crippen MR) is 69.9 cm³/mol. The number of nitrogens with one attached hydrogen (secondary N) is 1. The molecule has 0 aromatic carbocycles. The van der Waals surface area contributed by atoms with E-state index in [1.807, 2.05) is 20.8 Å². The quantitative estimate of drug-likeness (QED) is 0.856. The van der Waals surface area contributed by atoms with Gasteiger partial charge in [0.25, 0.3) is 0 Å². The van der Waals surface area contributed by atoms with Gasteiger partial charge in [0.2, 0.25) is 0 Å². The van der Waals surface area contributed by atoms with Gasteiger partial charge in [-0.25, -0.2) is 0 Å². The zero-order valence-electron chi connectivity index (χ0n) is 11.6. The molecule has 2 nitrogen and oxygen atoms in total. The van der Waals surface area contributed by atoms with Gasteiger partial charge < -0.3 is 5.32 Å². The summed E-state index contributed by atoms with van der Waals surface area (Å²) in [5, 5.41) is 3.29. The lowest BCUT2D eigenvalue weighted by Crippen LogP contribution is -2.37. The van der Waals surface area contributed by atoms with Crippen molar-refractivity contribution in [2.24, 2.45) is 5.92 Å². The van der Waals surface area contributed by atoms with E-state index in [9.17, 15) is 13.2 Å². The number of pyridine rings is 1. The minimum Gasteiger partial charge on any atom is -0.313 e. The van der Waals surface area contributed by atoms with Crippen LogP contribution in [0, 0.1) is 5.92 Å². The van der Waals surface area contributed by atoms with Crippen LogP contribution < -0.4 is 5.32 Å². The van der Waals surface area contributed by atoms with Gasteiger partial charge in [0, 0.05) is 18.7 Å². The Labute approximate surface area is 112 Å². The summed E-state index contributed by atoms with van der Waals surface area (Å²) in [6.45, 7) is 6.84. The van der Waals surface area contributed by atoms with Gasteiger partial charge in [0.1, 0.15) is 0 Å². The first-order valence-electron chi connectivity index (χ1n) is 6.60. The Bertz CT molecular complexity index is 389. The van der Waals surface area contributed by atoms with E-state index in [1.165, 1.54) is 12.3 Å². The maximum atomic E-state index is 12.9. The van der Waals surface area contributed by atoms with Gasteiger partial charge in [-0.05, 0) is 31.0 Å². The van der Waals surface area contributed by atoms with Gasteiger partial charge in [-0.15, -0.1) is 0 Å². The third kappa shape index (κ3) is 4.82. The fourth-order valence-corrected chi connectivity index (χ4v) is 1.94. The monoisotopic (exact) mass is 274 g/mol. The number of rotatable bonds is 6. The molecular weight excluding hydrogens is 253 g/mol. The third-order valence-corrected chi connectivity index (χ3v) is 3.07. The molecule has 0 saturated heterocycles. The number of aromatic nitrogens is 1. The van der Waals surface area contributed by atoms with Crippen LogP contribution in [0.1, 0.15) is 38.4 Å². The second-order valence-corrected chi connectivity index (χ2v) is 5.00. The Kier molecular flexibility index (Phi) is 5.79. The van der Waals surface area contributed by atoms with E-state index < -0.39 is 11.7 Å². The largest absolute Gasteiger partial charge is 0.418 e. The van der Waals surface area contributed by atoms with Crippen molar-refractivity contribution in [3.05, 3.63) is 29.6 Å². The smallest absolute Gasteiger partial charge is 0.313 e. The molecule has 0 spiro atoms. The van der Waals surface area contributed by atoms with Gasteiger partial charge in [0.05, 0.1) is 11.3 Å². The predicted octanol–water partition coefficient (Wildman–Crippen LogP) is 3.67. The van der Waals surface area contributed by atoms with Crippen LogP contribution in [0.4, 0.5) is 13.2 Å². The normalized spacial score (nSPS) is 13.8. The zero-order valence-corrected chi connectivity index (χ0v) is 11.6. The average molecular weight is 274 g/mol. The van der Waals surface area contributed by atoms with Crippen molar-refractivity contribution in [3.63, 3.8) is 0 Å². The van der Waals surface area contributed by atoms with Crippen molar-refractivity contribution < 1.29 is 13.2 Å². The zero-order chi connectivity index (χ0) is 14.5. The minimum absolute atomic E-state index is 0.0101. The molecule has 5 heteroatoms. The molecule has 1 aromatic heterocycles. The summed E-state index contributed by atoms with van der Waals surface area (Å²) in [6, 6.07) is 2.44. The summed E-state index contributed by atoms with van der Waals surface area (Å²) in [5.74, 6) is 0.259. The molecule has 0 saturated carbocycles. The van der Waals surface area contributed by atoms with E-state index in [0.717, 1.165) is 19.0 Å². The van der Waals surface area contributed by atoms with Gasteiger partial charge >= 0.3 is 6.18 Å². The highest BCUT2D eigenvalue weighted by atomic mass is 19.4. The molecule has 1 atom stereocenters. The van der Waals surface area contributed by atoms with E-state index in [-0.39, 0.29) is 17.7 Å². The van der Waals surface area contributed by atoms with Crippen molar-refractivity contribution in [3.8, 4) is 0 Å². The molecule has 0 aliphatic rings. The SMILES string of the molecule is CCCNC(Cc1ncccc1C(F)(F)F)C(C)C. The summed E-state index contributed by atoms with van der Waals surface area (Å²) >= 11 is 0. The molecular formula is C14H21F3N2. The number of alkyl halides is 3. The number of nitrogens with zero attached hydrogens (tertiary/aromatic N) is 1. The van der Waals surface area contributed by atoms with Crippen molar-refractivity contribution in [1.29, 1.82) is 0 Å². The van der Waals surface area contributed by atoms with Crippen LogP contribution in [0.3, 0.4) is 0 Å². The van der Waals surface area contributed by atoms with Crippen molar-refractivity contribution in [1.82, 2.24) is 10.3 Å². The molecule has 0 radical (unpaired) electrons. The molecule has 108 valence electrons. The maximum absolute atomic E-state index is 12.9. The van der Waals surface area contributed by atoms with Crippen molar-refractivity contribution in [2.45, 2.75) is 45.8 Å². The standard InChI is InChI=1S/C14H21F3N2/c1-4-7-18-12(10(2)3)9-13-11(14(15,16)17)6-5-8-19-13/h5-6,8,10,12,18H,4,7,9H2,1-3H3. The van der Waals surface area contributed by atoms with E-state index in [4.69, 9.17) is 0 Å². The second kappa shape index (κ2) is 6.89. The van der Waals surface area contributed by atoms with Crippen LogP contribution >= 0.6 is 0 Å². The Balaban J connectivity index is 2.90. The van der Waals surface area contributed by atoms with Crippen LogP contribution in [0.15, 0.2) is 18.3 Å². The first-order chi connectivity index (χ1) is 8.86. The van der Waals surface area contributed by atoms with Crippen LogP contribution in [-0.2, 0) is 12.6 Å². The fraction of sp³-hybridized carbons (Fsp3) is 0.643. The molecule has 1 aromatic rings. The fourth-order valence-electron chi connectivity index (χ4n) is 1.94. The van der Waals surface area contributed by atoms with E-state index >= 15 is 0 Å². The van der Waals surface area contributed by atoms with E-state index in [2.05, 4.69) is 10.3 Å². The molecule has 1 heterocycles. The Morgan fingerprint density at radius 1 is 1.32 bits per heavy atom. The average Bonchev–Trinajstić information content (AvgIpc) is 2.33. The van der Waals surface area contributed by atoms with E-state index in [0.29, 0.717) is 6.42 Å². The van der Waals surface area contributed by atoms with Gasteiger partial charge in [-0.2, -0.15) is 13.2 Å². The second-order valence-electron chi connectivity index (χ2n) is 5.00. The molecule has 19 heavy (non-hydrogen) atoms. The number of hydrogen-bond acceptors (Lipinski definition) is 2. The van der Waals surface area contributed by atoms with Gasteiger partial charge in [-0.3, -0.25) is 4.98 Å². The molecule has 0 bridgehead atoms. The molecule has 0 aliphatic heterocycles. The van der Waals surface area contributed by atoms with Crippen LogP contribution in [-0.4, -0.2) is 17.6 Å². The maximum Gasteiger partial charge on any atom is 0.418 e. The molecule has 0 aliphatic carbocycles. The molecule has 0 fully saturated rings. The van der Waals surface area contributed by atoms with Crippen molar-refractivity contribution >= 4 is 0 Å². The summed E-state index contributed by atoms with van der Waals surface area (Å²) in [6.07, 6.45) is -1.66. The lowest BCUT2D eigenvalue weighted by atomic mass is 9.96. The van der Waals surface area contributed by atoms with Crippen molar-refractivity contribution in [2.75, 3.05) is 6.54 Å². The highest BCUT2D eigenvalue weighted by Crippen LogP contribution is 2.31. The number of hydrogen-bond donors (Lipinski definition) is 1. The lowest BCUT2D eigenvalue weighted by Gasteiger charge is -2.23. The Morgan fingerprint density at radius 3 is 2.53 bits per heavy atom. The van der Waals surface area contributed by atoms with Crippen LogP contribution in [0.5, 0.6) is 0 Å². The first kappa shape index (κ1) is 16.0. The van der Waals surface area contributed by atoms with Crippen LogP contribution in [0.25, 0.3) is 0 Å². The Hall–Kier alpha value is -1.10. The third-order valence-electron chi connectivity index (χ3n) is 3.07. The Morgan fingerprint density at radius 2 is 2.00 bits per heavy atom. The van der Waals surface area contributed by atoms with E-state index in [1.54, 1.807) is 0 Å². The highest BCUT2D eigenvalue weighted by Gasteiger charge is 2.34. The summed E-state index contributed by atoms with van der Waals surface area (Å²) in [5.41, 5.74) is -0.503. The molecule has 0 amide bonds. The summed E-state index contributed by atoms with van der Waals surface area (Å²) in [4.78, 5) is 3.92. The van der Waals surface area contributed by atoms with Gasteiger partial charge in [0.15, 0.2) is 0 Å². The van der Waals surface area contributed by atoms with Crippen LogP contribution in [0.2, 0.25) is 0 Å². The molecule has 1 N–H and O–H groups in total. The summed E-state index contributed by atoms with van der Waals surface area (Å²) in [7, 11) is 0. The van der Waals surface area contributed by atoms with Gasteiger partial charge in [-0.1, -0.05) is 20.8 Å². The minimum atomic E-state index is -4.34. The highest BCUT2D eigenvalue weighted by molar-refractivity contribution is 5.23. The summed E-state index contributed by atoms with van der Waals surface area (Å²) < 4.78 is 38.7.